The highest BCUT2D eigenvalue weighted by Gasteiger charge is 2.39. The molecule has 2 heterocycles. The lowest BCUT2D eigenvalue weighted by atomic mass is 10.0. The number of benzene rings is 2. The molecule has 1 unspecified atom stereocenters. The number of nitrogens with one attached hydrogen (secondary N) is 1. The molecule has 1 saturated heterocycles. The van der Waals surface area contributed by atoms with Gasteiger partial charge in [0.2, 0.25) is 5.91 Å². The monoisotopic (exact) mass is 463 g/mol. The van der Waals surface area contributed by atoms with Gasteiger partial charge in [0.15, 0.2) is 9.84 Å². The zero-order chi connectivity index (χ0) is 23.6. The summed E-state index contributed by atoms with van der Waals surface area (Å²) in [5, 5.41) is 7.69. The van der Waals surface area contributed by atoms with Gasteiger partial charge in [0.05, 0.1) is 29.3 Å². The molecule has 7 heteroatoms. The van der Waals surface area contributed by atoms with Crippen molar-refractivity contribution in [1.29, 1.82) is 0 Å². The van der Waals surface area contributed by atoms with Gasteiger partial charge in [0.1, 0.15) is 0 Å². The Bertz CT molecular complexity index is 1310. The molecule has 6 nitrogen and oxygen atoms in total. The summed E-state index contributed by atoms with van der Waals surface area (Å²) in [5.74, 6) is -0.226. The van der Waals surface area contributed by atoms with Crippen LogP contribution >= 0.6 is 0 Å². The molecule has 1 amide bonds. The molecular weight excluding hydrogens is 434 g/mol. The Morgan fingerprint density at radius 1 is 1.15 bits per heavy atom. The first kappa shape index (κ1) is 23.0. The average Bonchev–Trinajstić information content (AvgIpc) is 3.28. The second-order valence-corrected chi connectivity index (χ2v) is 11.3. The maximum atomic E-state index is 12.6. The highest BCUT2D eigenvalue weighted by atomic mass is 32.2. The van der Waals surface area contributed by atoms with Crippen LogP contribution in [-0.2, 0) is 21.2 Å². The fourth-order valence-corrected chi connectivity index (χ4v) is 6.23. The largest absolute Gasteiger partial charge is 0.346 e. The molecule has 1 aromatic heterocycles. The first-order chi connectivity index (χ1) is 15.6. The van der Waals surface area contributed by atoms with E-state index in [1.165, 1.54) is 17.2 Å². The van der Waals surface area contributed by atoms with Crippen molar-refractivity contribution in [1.82, 2.24) is 15.1 Å². The number of carbonyl (C=O) groups is 1. The Labute approximate surface area is 195 Å². The van der Waals surface area contributed by atoms with E-state index in [1.54, 1.807) is 13.0 Å². The summed E-state index contributed by atoms with van der Waals surface area (Å²) in [6.45, 7) is 6.54. The SMILES string of the molecule is Cc1ccc(-c2nn(Cc3ccccc3)cc2/C=C/C(=O)NC2(C)CCS(=O)(=O)C2)cc1C. The molecule has 172 valence electrons. The van der Waals surface area contributed by atoms with Crippen LogP contribution in [0, 0.1) is 13.8 Å². The van der Waals surface area contributed by atoms with Crippen LogP contribution in [0.15, 0.2) is 60.8 Å². The molecule has 2 aromatic carbocycles. The zero-order valence-electron chi connectivity index (χ0n) is 19.2. The van der Waals surface area contributed by atoms with Crippen LogP contribution in [-0.4, -0.2) is 41.2 Å². The summed E-state index contributed by atoms with van der Waals surface area (Å²) in [7, 11) is -3.10. The van der Waals surface area contributed by atoms with Gasteiger partial charge in [-0.1, -0.05) is 42.5 Å². The standard InChI is InChI=1S/C26H29N3O3S/c1-19-9-10-22(15-20(19)2)25-23(17-29(28-25)16-21-7-5-4-6-8-21)11-12-24(30)27-26(3)13-14-33(31,32)18-26/h4-12,15,17H,13-14,16,18H2,1-3H3,(H,27,30)/b12-11+. The van der Waals surface area contributed by atoms with E-state index >= 15 is 0 Å². The van der Waals surface area contributed by atoms with Crippen molar-refractivity contribution in [3.05, 3.63) is 83.1 Å². The van der Waals surface area contributed by atoms with Crippen LogP contribution in [0.4, 0.5) is 0 Å². The Hall–Kier alpha value is -3.19. The van der Waals surface area contributed by atoms with Gasteiger partial charge in [-0.2, -0.15) is 5.10 Å². The quantitative estimate of drug-likeness (QED) is 0.562. The summed E-state index contributed by atoms with van der Waals surface area (Å²) in [5.41, 5.74) is 5.40. The molecule has 3 aromatic rings. The fourth-order valence-electron chi connectivity index (χ4n) is 4.14. The first-order valence-electron chi connectivity index (χ1n) is 11.0. The lowest BCUT2D eigenvalue weighted by Crippen LogP contribution is -2.46. The summed E-state index contributed by atoms with van der Waals surface area (Å²) in [6, 6.07) is 16.3. The van der Waals surface area contributed by atoms with Crippen LogP contribution in [0.5, 0.6) is 0 Å². The summed E-state index contributed by atoms with van der Waals surface area (Å²) in [6.07, 6.45) is 5.58. The Kier molecular flexibility index (Phi) is 6.26. The molecule has 33 heavy (non-hydrogen) atoms. The number of nitrogens with zero attached hydrogens (tertiary/aromatic N) is 2. The minimum absolute atomic E-state index is 0.0253. The van der Waals surface area contributed by atoms with Crippen LogP contribution < -0.4 is 5.32 Å². The third-order valence-electron chi connectivity index (χ3n) is 6.10. The number of hydrogen-bond donors (Lipinski definition) is 1. The number of aryl methyl sites for hydroxylation is 2. The predicted octanol–water partition coefficient (Wildman–Crippen LogP) is 3.92. The maximum absolute atomic E-state index is 12.6. The predicted molar refractivity (Wildman–Crippen MR) is 132 cm³/mol. The van der Waals surface area contributed by atoms with Gasteiger partial charge in [0.25, 0.3) is 0 Å². The lowest BCUT2D eigenvalue weighted by Gasteiger charge is -2.22. The Morgan fingerprint density at radius 3 is 2.58 bits per heavy atom. The molecule has 1 aliphatic rings. The number of rotatable bonds is 6. The van der Waals surface area contributed by atoms with E-state index in [0.29, 0.717) is 13.0 Å². The fraction of sp³-hybridized carbons (Fsp3) is 0.308. The van der Waals surface area contributed by atoms with E-state index in [2.05, 4.69) is 43.4 Å². The number of amides is 1. The molecule has 0 aliphatic carbocycles. The summed E-state index contributed by atoms with van der Waals surface area (Å²) < 4.78 is 25.5. The van der Waals surface area contributed by atoms with Crippen molar-refractivity contribution in [2.24, 2.45) is 0 Å². The van der Waals surface area contributed by atoms with Crippen molar-refractivity contribution < 1.29 is 13.2 Å². The Morgan fingerprint density at radius 2 is 1.91 bits per heavy atom. The number of sulfone groups is 1. The smallest absolute Gasteiger partial charge is 0.244 e. The van der Waals surface area contributed by atoms with Crippen molar-refractivity contribution in [2.45, 2.75) is 39.3 Å². The lowest BCUT2D eigenvalue weighted by molar-refractivity contribution is -0.117. The van der Waals surface area contributed by atoms with Gasteiger partial charge in [-0.3, -0.25) is 9.48 Å². The van der Waals surface area contributed by atoms with Gasteiger partial charge in [0, 0.05) is 23.4 Å². The van der Waals surface area contributed by atoms with E-state index in [9.17, 15) is 13.2 Å². The van der Waals surface area contributed by atoms with Gasteiger partial charge in [-0.05, 0) is 56.0 Å². The van der Waals surface area contributed by atoms with Crippen molar-refractivity contribution >= 4 is 21.8 Å². The highest BCUT2D eigenvalue weighted by molar-refractivity contribution is 7.91. The van der Waals surface area contributed by atoms with Gasteiger partial charge >= 0.3 is 0 Å². The van der Waals surface area contributed by atoms with E-state index in [-0.39, 0.29) is 17.4 Å². The molecule has 0 radical (unpaired) electrons. The van der Waals surface area contributed by atoms with Crippen molar-refractivity contribution in [3.8, 4) is 11.3 Å². The van der Waals surface area contributed by atoms with E-state index in [1.807, 2.05) is 35.1 Å². The molecule has 1 aliphatic heterocycles. The van der Waals surface area contributed by atoms with Gasteiger partial charge in [-0.25, -0.2) is 8.42 Å². The summed E-state index contributed by atoms with van der Waals surface area (Å²) >= 11 is 0. The van der Waals surface area contributed by atoms with Crippen molar-refractivity contribution in [3.63, 3.8) is 0 Å². The van der Waals surface area contributed by atoms with Crippen LogP contribution in [0.25, 0.3) is 17.3 Å². The van der Waals surface area contributed by atoms with Gasteiger partial charge in [-0.15, -0.1) is 0 Å². The van der Waals surface area contributed by atoms with Crippen LogP contribution in [0.3, 0.4) is 0 Å². The van der Waals surface area contributed by atoms with Crippen molar-refractivity contribution in [2.75, 3.05) is 11.5 Å². The third-order valence-corrected chi connectivity index (χ3v) is 8.00. The minimum atomic E-state index is -3.10. The molecule has 1 fully saturated rings. The molecule has 0 bridgehead atoms. The highest BCUT2D eigenvalue weighted by Crippen LogP contribution is 2.26. The summed E-state index contributed by atoms with van der Waals surface area (Å²) in [4.78, 5) is 12.6. The number of aromatic nitrogens is 2. The second-order valence-electron chi connectivity index (χ2n) is 9.14. The van der Waals surface area contributed by atoms with Crippen LogP contribution in [0.2, 0.25) is 0 Å². The maximum Gasteiger partial charge on any atom is 0.244 e. The van der Waals surface area contributed by atoms with E-state index < -0.39 is 15.4 Å². The normalized spacial score (nSPS) is 19.7. The molecule has 1 atom stereocenters. The zero-order valence-corrected chi connectivity index (χ0v) is 20.0. The first-order valence-corrected chi connectivity index (χ1v) is 12.8. The van der Waals surface area contributed by atoms with Gasteiger partial charge < -0.3 is 5.32 Å². The van der Waals surface area contributed by atoms with E-state index in [4.69, 9.17) is 5.10 Å². The number of carbonyl (C=O) groups excluding carboxylic acids is 1. The Balaban J connectivity index is 1.61. The third kappa shape index (κ3) is 5.60. The second kappa shape index (κ2) is 8.98. The van der Waals surface area contributed by atoms with Crippen LogP contribution in [0.1, 0.15) is 35.6 Å². The minimum Gasteiger partial charge on any atom is -0.346 e. The molecule has 0 spiro atoms. The average molecular weight is 464 g/mol. The molecular formula is C26H29N3O3S. The topological polar surface area (TPSA) is 81.1 Å². The number of hydrogen-bond acceptors (Lipinski definition) is 4. The van der Waals surface area contributed by atoms with E-state index in [0.717, 1.165) is 22.4 Å². The molecule has 0 saturated carbocycles. The molecule has 4 rings (SSSR count). The molecule has 1 N–H and O–H groups in total.